The van der Waals surface area contributed by atoms with Crippen molar-refractivity contribution in [3.05, 3.63) is 30.3 Å². The molecule has 2 aliphatic heterocycles. The minimum atomic E-state index is -0.361. The zero-order valence-corrected chi connectivity index (χ0v) is 8.31. The van der Waals surface area contributed by atoms with E-state index in [1.807, 2.05) is 30.3 Å². The van der Waals surface area contributed by atoms with E-state index in [0.29, 0.717) is 0 Å². The van der Waals surface area contributed by atoms with Gasteiger partial charge >= 0.3 is 12.1 Å². The quantitative estimate of drug-likeness (QED) is 0.629. The first-order chi connectivity index (χ1) is 7.75. The maximum absolute atomic E-state index is 11.7. The summed E-state index contributed by atoms with van der Waals surface area (Å²) >= 11 is 0. The lowest BCUT2D eigenvalue weighted by molar-refractivity contribution is 0.242. The van der Waals surface area contributed by atoms with Crippen molar-refractivity contribution in [1.82, 2.24) is 16.0 Å². The summed E-state index contributed by atoms with van der Waals surface area (Å²) in [6.07, 6.45) is -0.720. The first-order valence-electron chi connectivity index (χ1n) is 4.97. The van der Waals surface area contributed by atoms with E-state index >= 15 is 0 Å². The molecule has 0 aliphatic carbocycles. The lowest BCUT2D eigenvalue weighted by atomic mass is 10.3. The van der Waals surface area contributed by atoms with Gasteiger partial charge in [0.15, 0.2) is 6.17 Å². The monoisotopic (exact) mass is 218 g/mol. The van der Waals surface area contributed by atoms with Crippen LogP contribution in [0.4, 0.5) is 15.3 Å². The number of carbonyl (C=O) groups is 2. The number of amides is 4. The molecule has 0 aromatic heterocycles. The van der Waals surface area contributed by atoms with Gasteiger partial charge in [-0.3, -0.25) is 4.90 Å². The number of nitrogens with zero attached hydrogens (tertiary/aromatic N) is 1. The Morgan fingerprint density at radius 1 is 1.00 bits per heavy atom. The van der Waals surface area contributed by atoms with Gasteiger partial charge in [-0.25, -0.2) is 9.59 Å². The van der Waals surface area contributed by atoms with Crippen LogP contribution < -0.4 is 20.9 Å². The second kappa shape index (κ2) is 3.13. The number of para-hydroxylation sites is 1. The van der Waals surface area contributed by atoms with Gasteiger partial charge < -0.3 is 16.0 Å². The number of carbonyl (C=O) groups excluding carboxylic acids is 2. The molecular formula is C10H10N4O2. The molecule has 2 aliphatic rings. The van der Waals surface area contributed by atoms with Gasteiger partial charge in [0.1, 0.15) is 6.17 Å². The van der Waals surface area contributed by atoms with Crippen LogP contribution in [0, 0.1) is 0 Å². The minimum Gasteiger partial charge on any atom is -0.314 e. The highest BCUT2D eigenvalue weighted by atomic mass is 16.2. The third kappa shape index (κ3) is 1.19. The second-order valence-electron chi connectivity index (χ2n) is 3.70. The van der Waals surface area contributed by atoms with Crippen molar-refractivity contribution in [2.45, 2.75) is 12.3 Å². The molecular weight excluding hydrogens is 208 g/mol. The van der Waals surface area contributed by atoms with Crippen LogP contribution in [-0.2, 0) is 0 Å². The Morgan fingerprint density at radius 3 is 2.50 bits per heavy atom. The Labute approximate surface area is 91.6 Å². The Morgan fingerprint density at radius 2 is 1.75 bits per heavy atom. The molecule has 1 aromatic rings. The molecule has 6 nitrogen and oxygen atoms in total. The van der Waals surface area contributed by atoms with Crippen molar-refractivity contribution in [3.63, 3.8) is 0 Å². The second-order valence-corrected chi connectivity index (χ2v) is 3.70. The van der Waals surface area contributed by atoms with Crippen LogP contribution in [0.2, 0.25) is 0 Å². The van der Waals surface area contributed by atoms with E-state index in [0.717, 1.165) is 5.69 Å². The largest absolute Gasteiger partial charge is 0.325 e. The number of fused-ring (bicyclic) bond motifs is 1. The van der Waals surface area contributed by atoms with E-state index in [2.05, 4.69) is 16.0 Å². The van der Waals surface area contributed by atoms with E-state index in [4.69, 9.17) is 0 Å². The minimum absolute atomic E-state index is 0.214. The molecule has 4 amide bonds. The van der Waals surface area contributed by atoms with Gasteiger partial charge in [0, 0.05) is 5.69 Å². The van der Waals surface area contributed by atoms with Crippen molar-refractivity contribution in [2.75, 3.05) is 4.90 Å². The molecule has 3 N–H and O–H groups in total. The summed E-state index contributed by atoms with van der Waals surface area (Å²) in [5.41, 5.74) is 0.761. The molecule has 1 aromatic carbocycles. The number of anilines is 1. The lowest BCUT2D eigenvalue weighted by Crippen LogP contribution is -2.43. The first kappa shape index (κ1) is 9.02. The number of hydrogen-bond acceptors (Lipinski definition) is 2. The van der Waals surface area contributed by atoms with Gasteiger partial charge in [0.2, 0.25) is 0 Å². The van der Waals surface area contributed by atoms with Crippen molar-refractivity contribution in [1.29, 1.82) is 0 Å². The van der Waals surface area contributed by atoms with Crippen molar-refractivity contribution in [2.24, 2.45) is 0 Å². The maximum atomic E-state index is 11.7. The van der Waals surface area contributed by atoms with E-state index in [1.165, 1.54) is 4.90 Å². The SMILES string of the molecule is O=C1N[C@@H]2NC(=O)N(c3ccccc3)[C@H]2N1. The molecule has 6 heteroatoms. The number of nitrogens with one attached hydrogen (secondary N) is 3. The first-order valence-corrected chi connectivity index (χ1v) is 4.97. The topological polar surface area (TPSA) is 73.5 Å². The number of rotatable bonds is 1. The Balaban J connectivity index is 1.95. The Kier molecular flexibility index (Phi) is 1.76. The maximum Gasteiger partial charge on any atom is 0.325 e. The van der Waals surface area contributed by atoms with Crippen LogP contribution in [0.5, 0.6) is 0 Å². The summed E-state index contributed by atoms with van der Waals surface area (Å²) in [6, 6.07) is 8.74. The van der Waals surface area contributed by atoms with Crippen LogP contribution in [0.25, 0.3) is 0 Å². The average molecular weight is 218 g/mol. The molecule has 2 saturated heterocycles. The highest BCUT2D eigenvalue weighted by Gasteiger charge is 2.46. The summed E-state index contributed by atoms with van der Waals surface area (Å²) in [6.45, 7) is 0. The predicted molar refractivity (Wildman–Crippen MR) is 56.7 cm³/mol. The smallest absolute Gasteiger partial charge is 0.314 e. The highest BCUT2D eigenvalue weighted by molar-refractivity contribution is 5.98. The van der Waals surface area contributed by atoms with Crippen molar-refractivity contribution >= 4 is 17.7 Å². The molecule has 3 rings (SSSR count). The Bertz CT molecular complexity index is 447. The fourth-order valence-corrected chi connectivity index (χ4v) is 2.00. The molecule has 0 radical (unpaired) electrons. The molecule has 2 atom stereocenters. The molecule has 0 unspecified atom stereocenters. The summed E-state index contributed by atoms with van der Waals surface area (Å²) < 4.78 is 0. The van der Waals surface area contributed by atoms with Crippen molar-refractivity contribution in [3.8, 4) is 0 Å². The van der Waals surface area contributed by atoms with Gasteiger partial charge in [-0.2, -0.15) is 0 Å². The standard InChI is InChI=1S/C10H10N4O2/c15-9-11-7-8(13-9)14(10(16)12-7)6-4-2-1-3-5-6/h1-5,7-8H,(H,12,16)(H2,11,13,15)/t7-,8-/m1/s1. The zero-order valence-electron chi connectivity index (χ0n) is 8.31. The molecule has 16 heavy (non-hydrogen) atoms. The van der Waals surface area contributed by atoms with Crippen LogP contribution in [0.15, 0.2) is 30.3 Å². The number of benzene rings is 1. The zero-order chi connectivity index (χ0) is 11.1. The summed E-state index contributed by atoms with van der Waals surface area (Å²) in [7, 11) is 0. The molecule has 0 bridgehead atoms. The molecule has 2 fully saturated rings. The van der Waals surface area contributed by atoms with Crippen LogP contribution >= 0.6 is 0 Å². The van der Waals surface area contributed by atoms with Crippen molar-refractivity contribution < 1.29 is 9.59 Å². The van der Waals surface area contributed by atoms with Crippen LogP contribution in [-0.4, -0.2) is 24.4 Å². The van der Waals surface area contributed by atoms with E-state index in [-0.39, 0.29) is 24.4 Å². The molecule has 0 spiro atoms. The highest BCUT2D eigenvalue weighted by Crippen LogP contribution is 2.22. The van der Waals surface area contributed by atoms with Crippen LogP contribution in [0.1, 0.15) is 0 Å². The van der Waals surface area contributed by atoms with Gasteiger partial charge in [-0.05, 0) is 12.1 Å². The third-order valence-electron chi connectivity index (χ3n) is 2.69. The fraction of sp³-hybridized carbons (Fsp3) is 0.200. The van der Waals surface area contributed by atoms with E-state index in [1.54, 1.807) is 0 Å². The average Bonchev–Trinajstić information content (AvgIpc) is 2.74. The Hall–Kier alpha value is -2.24. The van der Waals surface area contributed by atoms with E-state index < -0.39 is 0 Å². The molecule has 0 saturated carbocycles. The fourth-order valence-electron chi connectivity index (χ4n) is 2.00. The summed E-state index contributed by atoms with van der Waals surface area (Å²) in [5, 5.41) is 8.00. The summed E-state index contributed by atoms with van der Waals surface area (Å²) in [5.74, 6) is 0. The van der Waals surface area contributed by atoms with Crippen LogP contribution in [0.3, 0.4) is 0 Å². The van der Waals surface area contributed by atoms with E-state index in [9.17, 15) is 9.59 Å². The third-order valence-corrected chi connectivity index (χ3v) is 2.69. The lowest BCUT2D eigenvalue weighted by Gasteiger charge is -2.20. The molecule has 82 valence electrons. The summed E-state index contributed by atoms with van der Waals surface area (Å²) in [4.78, 5) is 24.4. The van der Waals surface area contributed by atoms with Gasteiger partial charge in [0.05, 0.1) is 0 Å². The molecule has 2 heterocycles. The van der Waals surface area contributed by atoms with Gasteiger partial charge in [0.25, 0.3) is 0 Å². The number of hydrogen-bond donors (Lipinski definition) is 3. The van der Waals surface area contributed by atoms with Gasteiger partial charge in [-0.15, -0.1) is 0 Å². The van der Waals surface area contributed by atoms with Gasteiger partial charge in [-0.1, -0.05) is 18.2 Å². The normalized spacial score (nSPS) is 27.1. The number of urea groups is 2. The predicted octanol–water partition coefficient (Wildman–Crippen LogP) is 0.181.